The van der Waals surface area contributed by atoms with Crippen molar-refractivity contribution in [1.82, 2.24) is 4.98 Å². The van der Waals surface area contributed by atoms with E-state index in [4.69, 9.17) is 5.14 Å². The highest BCUT2D eigenvalue weighted by Crippen LogP contribution is 2.28. The van der Waals surface area contributed by atoms with Crippen molar-refractivity contribution < 1.29 is 26.0 Å². The lowest BCUT2D eigenvalue weighted by atomic mass is 10.2. The predicted molar refractivity (Wildman–Crippen MR) is 86.3 cm³/mol. The Hall–Kier alpha value is -2.40. The molecule has 1 fully saturated rings. The van der Waals surface area contributed by atoms with Crippen LogP contribution in [0.3, 0.4) is 0 Å². The van der Waals surface area contributed by atoms with Gasteiger partial charge in [-0.3, -0.25) is 0 Å². The number of nitrogens with two attached hydrogens (primary N) is 1. The highest BCUT2D eigenvalue weighted by atomic mass is 32.2. The van der Waals surface area contributed by atoms with Crippen molar-refractivity contribution in [2.24, 2.45) is 5.14 Å². The molecule has 0 radical (unpaired) electrons. The van der Waals surface area contributed by atoms with Crippen molar-refractivity contribution in [2.45, 2.75) is 4.90 Å². The summed E-state index contributed by atoms with van der Waals surface area (Å²) in [7, 11) is -3.80. The molecule has 2 N–H and O–H groups in total. The average Bonchev–Trinajstić information content (AvgIpc) is 2.60. The Labute approximate surface area is 146 Å². The number of piperazine rings is 1. The third kappa shape index (κ3) is 3.44. The summed E-state index contributed by atoms with van der Waals surface area (Å²) in [6, 6.07) is 5.82. The van der Waals surface area contributed by atoms with Gasteiger partial charge in [0.25, 0.3) is 11.9 Å². The van der Waals surface area contributed by atoms with Gasteiger partial charge in [0.15, 0.2) is 0 Å². The predicted octanol–water partition coefficient (Wildman–Crippen LogP) is 1.61. The van der Waals surface area contributed by atoms with E-state index in [-0.39, 0.29) is 18.0 Å². The van der Waals surface area contributed by atoms with Gasteiger partial charge in [-0.2, -0.15) is 22.5 Å². The maximum absolute atomic E-state index is 13.8. The lowest BCUT2D eigenvalue weighted by Crippen LogP contribution is -2.47. The topological polar surface area (TPSA) is 79.5 Å². The first kappa shape index (κ1) is 18.4. The summed E-state index contributed by atoms with van der Waals surface area (Å²) in [4.78, 5) is 5.55. The zero-order valence-corrected chi connectivity index (χ0v) is 14.1. The highest BCUT2D eigenvalue weighted by Gasteiger charge is 2.28. The molecule has 2 heterocycles. The van der Waals surface area contributed by atoms with Crippen molar-refractivity contribution in [2.75, 3.05) is 36.0 Å². The van der Waals surface area contributed by atoms with Crippen LogP contribution in [0.25, 0.3) is 0 Å². The lowest BCUT2D eigenvalue weighted by Gasteiger charge is -2.37. The second-order valence-electron chi connectivity index (χ2n) is 5.68. The van der Waals surface area contributed by atoms with Crippen LogP contribution in [0.4, 0.5) is 28.9 Å². The number of hydrogen-bond acceptors (Lipinski definition) is 5. The molecule has 0 spiro atoms. The normalized spacial score (nSPS) is 15.4. The van der Waals surface area contributed by atoms with Gasteiger partial charge in [-0.1, -0.05) is 0 Å². The SMILES string of the molecule is NS(=O)(=O)c1ccc(N2CCN(c3c(F)c(F)nc(F)c3F)CC2)cc1. The minimum absolute atomic E-state index is 0.0354. The molecule has 0 bridgehead atoms. The molecule has 0 atom stereocenters. The largest absolute Gasteiger partial charge is 0.368 e. The molecule has 1 saturated heterocycles. The van der Waals surface area contributed by atoms with E-state index in [1.807, 2.05) is 4.90 Å². The molecule has 1 aromatic carbocycles. The molecule has 1 aliphatic rings. The quantitative estimate of drug-likeness (QED) is 0.636. The Morgan fingerprint density at radius 3 is 1.77 bits per heavy atom. The lowest BCUT2D eigenvalue weighted by molar-refractivity contribution is 0.404. The number of anilines is 2. The minimum Gasteiger partial charge on any atom is -0.368 e. The Kier molecular flexibility index (Phi) is 4.76. The van der Waals surface area contributed by atoms with E-state index in [0.29, 0.717) is 18.8 Å². The molecule has 3 rings (SSSR count). The van der Waals surface area contributed by atoms with Crippen LogP contribution in [0.15, 0.2) is 29.2 Å². The maximum Gasteiger partial charge on any atom is 0.253 e. The fourth-order valence-corrected chi connectivity index (χ4v) is 3.30. The molecule has 26 heavy (non-hydrogen) atoms. The zero-order valence-electron chi connectivity index (χ0n) is 13.3. The van der Waals surface area contributed by atoms with Crippen molar-refractivity contribution in [1.29, 1.82) is 0 Å². The highest BCUT2D eigenvalue weighted by molar-refractivity contribution is 7.89. The molecule has 0 aliphatic carbocycles. The van der Waals surface area contributed by atoms with Crippen molar-refractivity contribution in [3.8, 4) is 0 Å². The first-order valence-corrected chi connectivity index (χ1v) is 9.06. The number of hydrogen-bond donors (Lipinski definition) is 1. The number of primary sulfonamides is 1. The number of halogens is 4. The molecule has 0 amide bonds. The fraction of sp³-hybridized carbons (Fsp3) is 0.267. The summed E-state index contributed by atoms with van der Waals surface area (Å²) in [6.07, 6.45) is 0. The van der Waals surface area contributed by atoms with E-state index >= 15 is 0 Å². The van der Waals surface area contributed by atoms with Gasteiger partial charge in [0.05, 0.1) is 4.90 Å². The second-order valence-corrected chi connectivity index (χ2v) is 7.24. The molecular formula is C15H14F4N4O2S. The van der Waals surface area contributed by atoms with Gasteiger partial charge in [-0.15, -0.1) is 0 Å². The number of sulfonamides is 1. The van der Waals surface area contributed by atoms with Crippen LogP contribution in [-0.4, -0.2) is 39.6 Å². The van der Waals surface area contributed by atoms with E-state index < -0.39 is 39.2 Å². The van der Waals surface area contributed by atoms with E-state index in [0.717, 1.165) is 0 Å². The third-order valence-corrected chi connectivity index (χ3v) is 5.03. The number of aromatic nitrogens is 1. The van der Waals surface area contributed by atoms with Gasteiger partial charge in [0.1, 0.15) is 5.69 Å². The molecular weight excluding hydrogens is 376 g/mol. The Bertz CT molecular complexity index is 903. The summed E-state index contributed by atoms with van der Waals surface area (Å²) < 4.78 is 76.7. The smallest absolute Gasteiger partial charge is 0.253 e. The van der Waals surface area contributed by atoms with E-state index in [1.165, 1.54) is 17.0 Å². The number of pyridine rings is 1. The summed E-state index contributed by atoms with van der Waals surface area (Å²) in [5, 5.41) is 5.04. The van der Waals surface area contributed by atoms with Crippen LogP contribution in [0.5, 0.6) is 0 Å². The first-order valence-electron chi connectivity index (χ1n) is 7.51. The molecule has 0 saturated carbocycles. The Morgan fingerprint density at radius 2 is 1.31 bits per heavy atom. The number of nitrogens with zero attached hydrogens (tertiary/aromatic N) is 3. The third-order valence-electron chi connectivity index (χ3n) is 4.10. The van der Waals surface area contributed by atoms with Crippen LogP contribution in [-0.2, 0) is 10.0 Å². The summed E-state index contributed by atoms with van der Waals surface area (Å²) >= 11 is 0. The maximum atomic E-state index is 13.8. The minimum atomic E-state index is -3.80. The molecule has 1 aromatic heterocycles. The molecule has 6 nitrogen and oxygen atoms in total. The van der Waals surface area contributed by atoms with Crippen LogP contribution in [0.2, 0.25) is 0 Å². The van der Waals surface area contributed by atoms with Crippen molar-refractivity contribution in [3.63, 3.8) is 0 Å². The number of benzene rings is 1. The van der Waals surface area contributed by atoms with Crippen LogP contribution >= 0.6 is 0 Å². The van der Waals surface area contributed by atoms with Gasteiger partial charge in [0.2, 0.25) is 21.7 Å². The van der Waals surface area contributed by atoms with Crippen LogP contribution in [0.1, 0.15) is 0 Å². The molecule has 2 aromatic rings. The fourth-order valence-electron chi connectivity index (χ4n) is 2.79. The van der Waals surface area contributed by atoms with Gasteiger partial charge in [0, 0.05) is 31.9 Å². The monoisotopic (exact) mass is 390 g/mol. The van der Waals surface area contributed by atoms with Gasteiger partial charge >= 0.3 is 0 Å². The zero-order chi connectivity index (χ0) is 19.1. The van der Waals surface area contributed by atoms with E-state index in [9.17, 15) is 26.0 Å². The Balaban J connectivity index is 1.76. The van der Waals surface area contributed by atoms with Crippen molar-refractivity contribution in [3.05, 3.63) is 47.8 Å². The number of rotatable bonds is 3. The molecule has 0 unspecified atom stereocenters. The van der Waals surface area contributed by atoms with Gasteiger partial charge < -0.3 is 9.80 Å². The van der Waals surface area contributed by atoms with E-state index in [1.54, 1.807) is 12.1 Å². The van der Waals surface area contributed by atoms with Crippen LogP contribution in [0, 0.1) is 23.5 Å². The van der Waals surface area contributed by atoms with E-state index in [2.05, 4.69) is 4.98 Å². The summed E-state index contributed by atoms with van der Waals surface area (Å²) in [6.45, 7) is 0.819. The summed E-state index contributed by atoms with van der Waals surface area (Å²) in [5.74, 6) is -6.45. The average molecular weight is 390 g/mol. The van der Waals surface area contributed by atoms with Crippen molar-refractivity contribution >= 4 is 21.4 Å². The summed E-state index contributed by atoms with van der Waals surface area (Å²) in [5.41, 5.74) is -0.0932. The second kappa shape index (κ2) is 6.72. The van der Waals surface area contributed by atoms with Gasteiger partial charge in [-0.25, -0.2) is 13.6 Å². The van der Waals surface area contributed by atoms with Crippen LogP contribution < -0.4 is 14.9 Å². The standard InChI is InChI=1S/C15H14F4N4O2S/c16-11-13(12(17)15(19)21-14(11)18)23-7-5-22(6-8-23)9-1-3-10(4-2-9)26(20,24)25/h1-4H,5-8H2,(H2,20,24,25). The van der Waals surface area contributed by atoms with Gasteiger partial charge in [-0.05, 0) is 24.3 Å². The first-order chi connectivity index (χ1) is 12.2. The molecule has 1 aliphatic heterocycles. The Morgan fingerprint density at radius 1 is 0.846 bits per heavy atom. The molecule has 140 valence electrons. The molecule has 11 heteroatoms.